The zero-order valence-electron chi connectivity index (χ0n) is 14.5. The first-order valence-electron chi connectivity index (χ1n) is 8.27. The Kier molecular flexibility index (Phi) is 6.79. The highest BCUT2D eigenvalue weighted by Crippen LogP contribution is 2.23. The second-order valence-corrected chi connectivity index (χ2v) is 7.16. The molecule has 4 nitrogen and oxygen atoms in total. The number of rotatable bonds is 6. The Labute approximate surface area is 175 Å². The van der Waals surface area contributed by atoms with Crippen LogP contribution in [0, 0.1) is 5.82 Å². The molecule has 0 aliphatic heterocycles. The van der Waals surface area contributed by atoms with Crippen molar-refractivity contribution in [3.05, 3.63) is 98.7 Å². The third-order valence-electron chi connectivity index (χ3n) is 3.76. The average Bonchev–Trinajstić information content (AvgIpc) is 2.69. The lowest BCUT2D eigenvalue weighted by Gasteiger charge is -2.10. The number of amides is 1. The molecule has 0 saturated heterocycles. The molecule has 0 heterocycles. The third-order valence-corrected chi connectivity index (χ3v) is 4.52. The zero-order chi connectivity index (χ0) is 19.9. The summed E-state index contributed by atoms with van der Waals surface area (Å²) in [5, 5.41) is 4.46. The fraction of sp³-hybridized carbons (Fsp3) is 0.0476. The highest BCUT2D eigenvalue weighted by atomic mass is 79.9. The number of nitrogens with one attached hydrogen (secondary N) is 1. The zero-order valence-corrected chi connectivity index (χ0v) is 16.9. The van der Waals surface area contributed by atoms with Crippen LogP contribution in [0.2, 0.25) is 5.02 Å². The number of hydrogen-bond donors (Lipinski definition) is 1. The summed E-state index contributed by atoms with van der Waals surface area (Å²) in [6, 6.07) is 18.1. The maximum Gasteiger partial charge on any atom is 0.271 e. The molecule has 0 spiro atoms. The predicted molar refractivity (Wildman–Crippen MR) is 111 cm³/mol. The van der Waals surface area contributed by atoms with E-state index in [9.17, 15) is 9.18 Å². The Hall–Kier alpha value is -2.70. The van der Waals surface area contributed by atoms with Crippen molar-refractivity contribution in [2.24, 2.45) is 5.10 Å². The fourth-order valence-electron chi connectivity index (χ4n) is 2.32. The SMILES string of the molecule is O=C(N/N=C\c1cc(Cl)ccc1OCc1ccc(Br)cc1)c1ccc(F)cc1. The van der Waals surface area contributed by atoms with Crippen LogP contribution in [0.3, 0.4) is 0 Å². The molecule has 7 heteroatoms. The van der Waals surface area contributed by atoms with E-state index in [0.717, 1.165) is 10.0 Å². The molecule has 0 unspecified atom stereocenters. The predicted octanol–water partition coefficient (Wildman–Crippen LogP) is 5.58. The summed E-state index contributed by atoms with van der Waals surface area (Å²) in [6.45, 7) is 0.373. The van der Waals surface area contributed by atoms with Gasteiger partial charge in [0.2, 0.25) is 0 Å². The van der Waals surface area contributed by atoms with E-state index in [2.05, 4.69) is 26.5 Å². The van der Waals surface area contributed by atoms with Crippen LogP contribution in [0.5, 0.6) is 5.75 Å². The largest absolute Gasteiger partial charge is 0.488 e. The number of carbonyl (C=O) groups excluding carboxylic acids is 1. The van der Waals surface area contributed by atoms with Crippen LogP contribution in [-0.2, 0) is 6.61 Å². The van der Waals surface area contributed by atoms with Gasteiger partial charge in [0.15, 0.2) is 0 Å². The van der Waals surface area contributed by atoms with Crippen molar-refractivity contribution in [1.29, 1.82) is 0 Å². The molecule has 0 aliphatic carbocycles. The monoisotopic (exact) mass is 460 g/mol. The van der Waals surface area contributed by atoms with Crippen molar-refractivity contribution in [3.63, 3.8) is 0 Å². The second kappa shape index (κ2) is 9.48. The van der Waals surface area contributed by atoms with E-state index in [1.165, 1.54) is 30.5 Å². The van der Waals surface area contributed by atoms with E-state index in [1.54, 1.807) is 18.2 Å². The molecule has 1 amide bonds. The Balaban J connectivity index is 1.67. The van der Waals surface area contributed by atoms with E-state index in [0.29, 0.717) is 28.5 Å². The van der Waals surface area contributed by atoms with Crippen molar-refractivity contribution in [1.82, 2.24) is 5.43 Å². The molecule has 0 aromatic heterocycles. The van der Waals surface area contributed by atoms with Gasteiger partial charge in [0.1, 0.15) is 18.2 Å². The molecular formula is C21H15BrClFN2O2. The number of carbonyl (C=O) groups is 1. The summed E-state index contributed by atoms with van der Waals surface area (Å²) in [5.74, 6) is -0.283. The molecule has 3 rings (SSSR count). The molecule has 0 saturated carbocycles. The van der Waals surface area contributed by atoms with Crippen LogP contribution in [-0.4, -0.2) is 12.1 Å². The Morgan fingerprint density at radius 3 is 2.54 bits per heavy atom. The highest BCUT2D eigenvalue weighted by Gasteiger charge is 2.06. The average molecular weight is 462 g/mol. The maximum atomic E-state index is 12.9. The molecule has 3 aromatic carbocycles. The molecule has 142 valence electrons. The summed E-state index contributed by atoms with van der Waals surface area (Å²) >= 11 is 9.45. The van der Waals surface area contributed by atoms with E-state index in [4.69, 9.17) is 16.3 Å². The lowest BCUT2D eigenvalue weighted by atomic mass is 10.2. The van der Waals surface area contributed by atoms with Crippen LogP contribution in [0.25, 0.3) is 0 Å². The van der Waals surface area contributed by atoms with Crippen LogP contribution < -0.4 is 10.2 Å². The first kappa shape index (κ1) is 20.0. The minimum absolute atomic E-state index is 0.302. The number of halogens is 3. The van der Waals surface area contributed by atoms with E-state index in [1.807, 2.05) is 24.3 Å². The summed E-state index contributed by atoms with van der Waals surface area (Å²) in [7, 11) is 0. The number of nitrogens with zero attached hydrogens (tertiary/aromatic N) is 1. The Morgan fingerprint density at radius 2 is 1.82 bits per heavy atom. The van der Waals surface area contributed by atoms with Crippen molar-refractivity contribution < 1.29 is 13.9 Å². The van der Waals surface area contributed by atoms with E-state index < -0.39 is 11.7 Å². The topological polar surface area (TPSA) is 50.7 Å². The van der Waals surface area contributed by atoms with Gasteiger partial charge in [0.05, 0.1) is 6.21 Å². The molecule has 0 bridgehead atoms. The highest BCUT2D eigenvalue weighted by molar-refractivity contribution is 9.10. The molecule has 3 aromatic rings. The van der Waals surface area contributed by atoms with Crippen molar-refractivity contribution in [3.8, 4) is 5.75 Å². The molecule has 0 fully saturated rings. The summed E-state index contributed by atoms with van der Waals surface area (Å²) in [5.41, 5.74) is 4.32. The van der Waals surface area contributed by atoms with Crippen LogP contribution in [0.1, 0.15) is 21.5 Å². The first-order valence-corrected chi connectivity index (χ1v) is 9.44. The van der Waals surface area contributed by atoms with Gasteiger partial charge in [-0.25, -0.2) is 9.82 Å². The minimum atomic E-state index is -0.449. The maximum absolute atomic E-state index is 12.9. The van der Waals surface area contributed by atoms with Crippen molar-refractivity contribution in [2.75, 3.05) is 0 Å². The molecule has 0 radical (unpaired) electrons. The quantitative estimate of drug-likeness (QED) is 0.385. The fourth-order valence-corrected chi connectivity index (χ4v) is 2.76. The van der Waals surface area contributed by atoms with Gasteiger partial charge >= 0.3 is 0 Å². The summed E-state index contributed by atoms with van der Waals surface area (Å²) in [6.07, 6.45) is 1.45. The smallest absolute Gasteiger partial charge is 0.271 e. The summed E-state index contributed by atoms with van der Waals surface area (Å²) < 4.78 is 19.8. The summed E-state index contributed by atoms with van der Waals surface area (Å²) in [4.78, 5) is 12.0. The van der Waals surface area contributed by atoms with E-state index in [-0.39, 0.29) is 0 Å². The molecule has 28 heavy (non-hydrogen) atoms. The lowest BCUT2D eigenvalue weighted by molar-refractivity contribution is 0.0955. The third kappa shape index (κ3) is 5.65. The second-order valence-electron chi connectivity index (χ2n) is 5.80. The number of hydrazone groups is 1. The molecule has 0 atom stereocenters. The van der Waals surface area contributed by atoms with Crippen molar-refractivity contribution >= 4 is 39.7 Å². The van der Waals surface area contributed by atoms with Gasteiger partial charge in [-0.3, -0.25) is 4.79 Å². The van der Waals surface area contributed by atoms with Crippen LogP contribution in [0.15, 0.2) is 76.3 Å². The number of ether oxygens (including phenoxy) is 1. The van der Waals surface area contributed by atoms with Gasteiger partial charge in [-0.1, -0.05) is 39.7 Å². The van der Waals surface area contributed by atoms with Gasteiger partial charge in [-0.2, -0.15) is 5.10 Å². The standard InChI is InChI=1S/C21H15BrClFN2O2/c22-17-5-1-14(2-6-17)13-28-20-10-7-18(23)11-16(20)12-25-26-21(27)15-3-8-19(24)9-4-15/h1-12H,13H2,(H,26,27)/b25-12-. The van der Waals surface area contributed by atoms with Crippen LogP contribution in [0.4, 0.5) is 4.39 Å². The van der Waals surface area contributed by atoms with Gasteiger partial charge < -0.3 is 4.74 Å². The Bertz CT molecular complexity index is 992. The Morgan fingerprint density at radius 1 is 1.11 bits per heavy atom. The van der Waals surface area contributed by atoms with Gasteiger partial charge in [-0.05, 0) is 60.2 Å². The van der Waals surface area contributed by atoms with Crippen LogP contribution >= 0.6 is 27.5 Å². The molecule has 0 aliphatic rings. The van der Waals surface area contributed by atoms with Gasteiger partial charge in [0.25, 0.3) is 5.91 Å². The molecular weight excluding hydrogens is 447 g/mol. The van der Waals surface area contributed by atoms with E-state index >= 15 is 0 Å². The minimum Gasteiger partial charge on any atom is -0.488 e. The lowest BCUT2D eigenvalue weighted by Crippen LogP contribution is -2.17. The van der Waals surface area contributed by atoms with Gasteiger partial charge in [0, 0.05) is 20.6 Å². The normalized spacial score (nSPS) is 10.8. The van der Waals surface area contributed by atoms with Crippen molar-refractivity contribution in [2.45, 2.75) is 6.61 Å². The first-order chi connectivity index (χ1) is 13.5. The molecule has 1 N–H and O–H groups in total. The van der Waals surface area contributed by atoms with Gasteiger partial charge in [-0.15, -0.1) is 0 Å². The number of benzene rings is 3. The number of hydrogen-bond acceptors (Lipinski definition) is 3.